The molecule has 4 aliphatic rings. The first-order valence-corrected chi connectivity index (χ1v) is 23.0. The zero-order chi connectivity index (χ0) is 43.0. The van der Waals surface area contributed by atoms with E-state index in [1.165, 1.54) is 22.5 Å². The van der Waals surface area contributed by atoms with E-state index in [9.17, 15) is 18.0 Å². The maximum Gasteiger partial charge on any atom is 0.301 e. The number of carbonyl (C=O) groups excluding carboxylic acids is 2. The van der Waals surface area contributed by atoms with E-state index in [2.05, 4.69) is 41.9 Å². The molecule has 0 unspecified atom stereocenters. The second-order valence-electron chi connectivity index (χ2n) is 16.5. The number of amides is 2. The number of carbonyl (C=O) groups is 2. The van der Waals surface area contributed by atoms with Crippen molar-refractivity contribution in [1.29, 1.82) is 0 Å². The molecule has 4 aliphatic heterocycles. The van der Waals surface area contributed by atoms with Gasteiger partial charge in [0, 0.05) is 123 Å². The summed E-state index contributed by atoms with van der Waals surface area (Å²) in [6, 6.07) is 19.6. The first-order valence-electron chi connectivity index (χ1n) is 21.2. The zero-order valence-corrected chi connectivity index (χ0v) is 35.7. The maximum absolute atomic E-state index is 16.4. The highest BCUT2D eigenvalue weighted by molar-refractivity contribution is 7.90. The van der Waals surface area contributed by atoms with Crippen LogP contribution in [0.4, 0.5) is 25.8 Å². The molecule has 62 heavy (non-hydrogen) atoms. The van der Waals surface area contributed by atoms with E-state index >= 15 is 8.78 Å². The number of pyridine rings is 1. The molecule has 4 saturated heterocycles. The Morgan fingerprint density at radius 1 is 0.774 bits per heavy atom. The molecule has 2 amide bonds. The Hall–Kier alpha value is -5.42. The molecule has 0 bridgehead atoms. The standard InChI is InChI=1S/C45H48ClF2N9O4S/c46-32-25-38(43(48)41(26-32)52-62(60,61)56-17-1-2-18-56)39-29-57(51-44(39)31-11-15-49-16-12-31)34-5-3-33(4-6-34)55-23-21-53(22-24-55)28-30-13-19-54(20-14-30)35-7-8-36(40(47)27-35)37-9-10-42(58)50-45(37)59/h3-8,11-12,15-16,25-27,29-30,37,52H,1-2,9-10,13-14,17-24,28H2,(H,50,58,59)/t37-/m1/s1. The molecule has 0 saturated carbocycles. The summed E-state index contributed by atoms with van der Waals surface area (Å²) in [4.78, 5) is 35.1. The van der Waals surface area contributed by atoms with Crippen LogP contribution in [0, 0.1) is 17.6 Å². The summed E-state index contributed by atoms with van der Waals surface area (Å²) >= 11 is 6.50. The maximum atomic E-state index is 16.4. The zero-order valence-electron chi connectivity index (χ0n) is 34.1. The van der Waals surface area contributed by atoms with Crippen LogP contribution in [0.15, 0.2) is 85.3 Å². The number of imide groups is 1. The van der Waals surface area contributed by atoms with Gasteiger partial charge >= 0.3 is 10.2 Å². The van der Waals surface area contributed by atoms with Crippen molar-refractivity contribution in [3.8, 4) is 28.1 Å². The molecule has 9 rings (SSSR count). The van der Waals surface area contributed by atoms with Gasteiger partial charge in [0.2, 0.25) is 11.8 Å². The minimum atomic E-state index is -3.97. The lowest BCUT2D eigenvalue weighted by Gasteiger charge is -2.40. The third kappa shape index (κ3) is 8.91. The number of halogens is 3. The van der Waals surface area contributed by atoms with Gasteiger partial charge < -0.3 is 9.80 Å². The molecule has 3 aromatic carbocycles. The SMILES string of the molecule is O=C1CC[C@H](c2ccc(N3CCC(CN4CCN(c5ccc(-n6cc(-c7cc(Cl)cc(NS(=O)(=O)N8CCCC8)c7F)c(-c7ccncc7)n6)cc5)CC4)CC3)cc2F)C(=O)N1. The van der Waals surface area contributed by atoms with Crippen molar-refractivity contribution in [1.82, 2.24) is 29.3 Å². The molecule has 4 fully saturated rings. The van der Waals surface area contributed by atoms with E-state index < -0.39 is 33.7 Å². The fourth-order valence-electron chi connectivity index (χ4n) is 9.15. The van der Waals surface area contributed by atoms with Gasteiger partial charge in [0.05, 0.1) is 17.3 Å². The summed E-state index contributed by atoms with van der Waals surface area (Å²) in [5.41, 5.74) is 4.56. The molecule has 2 aromatic heterocycles. The smallest absolute Gasteiger partial charge is 0.301 e. The number of piperazine rings is 1. The average Bonchev–Trinajstić information content (AvgIpc) is 3.99. The quantitative estimate of drug-likeness (QED) is 0.137. The lowest BCUT2D eigenvalue weighted by atomic mass is 9.89. The number of nitrogens with zero attached hydrogens (tertiary/aromatic N) is 7. The van der Waals surface area contributed by atoms with E-state index in [1.54, 1.807) is 41.5 Å². The van der Waals surface area contributed by atoms with Crippen LogP contribution in [0.5, 0.6) is 0 Å². The summed E-state index contributed by atoms with van der Waals surface area (Å²) in [5.74, 6) is -1.99. The van der Waals surface area contributed by atoms with E-state index in [1.807, 2.05) is 18.2 Å². The van der Waals surface area contributed by atoms with Crippen LogP contribution in [-0.2, 0) is 19.8 Å². The van der Waals surface area contributed by atoms with Crippen molar-refractivity contribution in [3.05, 3.63) is 108 Å². The Kier molecular flexibility index (Phi) is 12.0. The summed E-state index contributed by atoms with van der Waals surface area (Å²) < 4.78 is 63.2. The van der Waals surface area contributed by atoms with Gasteiger partial charge in [-0.3, -0.25) is 29.5 Å². The van der Waals surface area contributed by atoms with Crippen molar-refractivity contribution < 1.29 is 26.8 Å². The van der Waals surface area contributed by atoms with Gasteiger partial charge in [0.15, 0.2) is 5.82 Å². The summed E-state index contributed by atoms with van der Waals surface area (Å²) in [5, 5.41) is 7.39. The van der Waals surface area contributed by atoms with Crippen LogP contribution in [0.25, 0.3) is 28.1 Å². The molecule has 13 nitrogen and oxygen atoms in total. The largest absolute Gasteiger partial charge is 0.371 e. The van der Waals surface area contributed by atoms with Crippen LogP contribution in [0.3, 0.4) is 0 Å². The lowest BCUT2D eigenvalue weighted by molar-refractivity contribution is -0.134. The highest BCUT2D eigenvalue weighted by Gasteiger charge is 2.32. The Morgan fingerprint density at radius 2 is 1.45 bits per heavy atom. The number of piperidine rings is 2. The van der Waals surface area contributed by atoms with Gasteiger partial charge in [-0.15, -0.1) is 0 Å². The van der Waals surface area contributed by atoms with Gasteiger partial charge in [-0.1, -0.05) is 17.7 Å². The number of hydrogen-bond donors (Lipinski definition) is 2. The molecule has 5 aromatic rings. The first kappa shape index (κ1) is 41.9. The molecule has 2 N–H and O–H groups in total. The fourth-order valence-corrected chi connectivity index (χ4v) is 10.7. The summed E-state index contributed by atoms with van der Waals surface area (Å²) in [6.45, 7) is 7.09. The molecule has 1 atom stereocenters. The summed E-state index contributed by atoms with van der Waals surface area (Å²) in [6.07, 6.45) is 9.08. The minimum absolute atomic E-state index is 0.114. The molecule has 0 radical (unpaired) electrons. The normalized spacial score (nSPS) is 19.6. The van der Waals surface area contributed by atoms with Crippen LogP contribution in [-0.4, -0.2) is 103 Å². The molecule has 6 heterocycles. The first-order chi connectivity index (χ1) is 30.0. The number of benzene rings is 3. The van der Waals surface area contributed by atoms with Gasteiger partial charge in [-0.2, -0.15) is 17.8 Å². The van der Waals surface area contributed by atoms with Crippen molar-refractivity contribution in [2.45, 2.75) is 44.4 Å². The van der Waals surface area contributed by atoms with Crippen molar-refractivity contribution in [2.75, 3.05) is 73.4 Å². The van der Waals surface area contributed by atoms with E-state index in [4.69, 9.17) is 16.7 Å². The van der Waals surface area contributed by atoms with Crippen molar-refractivity contribution in [2.24, 2.45) is 5.92 Å². The molecule has 324 valence electrons. The van der Waals surface area contributed by atoms with Gasteiger partial charge in [-0.05, 0) is 98.7 Å². The molecular weight excluding hydrogens is 836 g/mol. The fraction of sp³-hybridized carbons (Fsp3) is 0.378. The predicted molar refractivity (Wildman–Crippen MR) is 236 cm³/mol. The van der Waals surface area contributed by atoms with Gasteiger partial charge in [0.1, 0.15) is 11.5 Å². The molecule has 17 heteroatoms. The minimum Gasteiger partial charge on any atom is -0.371 e. The van der Waals surface area contributed by atoms with E-state index in [-0.39, 0.29) is 28.6 Å². The second-order valence-corrected chi connectivity index (χ2v) is 18.7. The van der Waals surface area contributed by atoms with Gasteiger partial charge in [-0.25, -0.2) is 13.5 Å². The van der Waals surface area contributed by atoms with Crippen LogP contribution >= 0.6 is 11.6 Å². The Bertz CT molecular complexity index is 2560. The molecular formula is C45H48ClF2N9O4S. The Morgan fingerprint density at radius 3 is 2.15 bits per heavy atom. The van der Waals surface area contributed by atoms with Crippen molar-refractivity contribution in [3.63, 3.8) is 0 Å². The monoisotopic (exact) mass is 883 g/mol. The van der Waals surface area contributed by atoms with Crippen LogP contribution < -0.4 is 19.8 Å². The van der Waals surface area contributed by atoms with Crippen molar-refractivity contribution >= 4 is 50.7 Å². The molecule has 0 aliphatic carbocycles. The van der Waals surface area contributed by atoms with E-state index in [0.717, 1.165) is 88.6 Å². The second kappa shape index (κ2) is 17.8. The molecule has 0 spiro atoms. The van der Waals surface area contributed by atoms with E-state index in [0.29, 0.717) is 47.8 Å². The predicted octanol–water partition coefficient (Wildman–Crippen LogP) is 6.84. The summed E-state index contributed by atoms with van der Waals surface area (Å²) in [7, 11) is -3.97. The highest BCUT2D eigenvalue weighted by atomic mass is 35.5. The average molecular weight is 884 g/mol. The number of nitrogens with one attached hydrogen (secondary N) is 2. The Balaban J connectivity index is 0.826. The number of hydrogen-bond acceptors (Lipinski definition) is 9. The van der Waals surface area contributed by atoms with Crippen LogP contribution in [0.1, 0.15) is 50.0 Å². The number of aromatic nitrogens is 3. The Labute approximate surface area is 364 Å². The third-order valence-corrected chi connectivity index (χ3v) is 14.3. The van der Waals surface area contributed by atoms with Crippen LogP contribution in [0.2, 0.25) is 5.02 Å². The van der Waals surface area contributed by atoms with Gasteiger partial charge in [0.25, 0.3) is 0 Å². The lowest BCUT2D eigenvalue weighted by Crippen LogP contribution is -2.49. The number of anilines is 3. The third-order valence-electron chi connectivity index (χ3n) is 12.6. The topological polar surface area (TPSA) is 136 Å². The highest BCUT2D eigenvalue weighted by Crippen LogP contribution is 2.39. The number of rotatable bonds is 11.